The van der Waals surface area contributed by atoms with Crippen molar-refractivity contribution in [2.45, 2.75) is 26.8 Å². The topological polar surface area (TPSA) is 93.7 Å². The van der Waals surface area contributed by atoms with Gasteiger partial charge >= 0.3 is 0 Å². The highest BCUT2D eigenvalue weighted by Gasteiger charge is 2.20. The molecule has 2 aromatic rings. The number of nitrogen functional groups attached to an aromatic ring is 1. The Balaban J connectivity index is 2.09. The van der Waals surface area contributed by atoms with Crippen LogP contribution >= 0.6 is 0 Å². The Kier molecular flexibility index (Phi) is 6.83. The Labute approximate surface area is 166 Å². The summed E-state index contributed by atoms with van der Waals surface area (Å²) >= 11 is 0. The molecule has 1 saturated heterocycles. The predicted octanol–water partition coefficient (Wildman–Crippen LogP) is 2.76. The van der Waals surface area contributed by atoms with Crippen molar-refractivity contribution in [1.82, 2.24) is 9.88 Å². The van der Waals surface area contributed by atoms with Crippen molar-refractivity contribution in [3.05, 3.63) is 28.8 Å². The summed E-state index contributed by atoms with van der Waals surface area (Å²) in [6.45, 7) is 8.84. The number of hydrogen-bond donors (Lipinski definition) is 2. The van der Waals surface area contributed by atoms with Gasteiger partial charge in [-0.05, 0) is 43.5 Å². The molecule has 0 unspecified atom stereocenters. The van der Waals surface area contributed by atoms with Crippen LogP contribution in [0, 0.1) is 12.3 Å². The molecule has 152 valence electrons. The second kappa shape index (κ2) is 9.32. The number of methoxy groups -OCH3 is 1. The molecule has 28 heavy (non-hydrogen) atoms. The van der Waals surface area contributed by atoms with E-state index in [0.29, 0.717) is 31.3 Å². The molecular formula is C21H30N4O3. The van der Waals surface area contributed by atoms with Gasteiger partial charge in [-0.2, -0.15) is 0 Å². The molecule has 1 aromatic heterocycles. The van der Waals surface area contributed by atoms with Crippen LogP contribution < -0.4 is 10.5 Å². The van der Waals surface area contributed by atoms with Crippen LogP contribution in [0.15, 0.2) is 12.1 Å². The number of aryl methyl sites for hydroxylation is 1. The van der Waals surface area contributed by atoms with E-state index in [1.54, 1.807) is 14.0 Å². The second-order valence-electron chi connectivity index (χ2n) is 7.20. The number of nitrogens with one attached hydrogen (secondary N) is 1. The van der Waals surface area contributed by atoms with Crippen molar-refractivity contribution in [2.75, 3.05) is 52.4 Å². The highest BCUT2D eigenvalue weighted by atomic mass is 16.5. The molecule has 1 aromatic carbocycles. The molecule has 0 radical (unpaired) electrons. The van der Waals surface area contributed by atoms with Gasteiger partial charge in [-0.3, -0.25) is 4.90 Å². The van der Waals surface area contributed by atoms with Crippen LogP contribution in [0.3, 0.4) is 0 Å². The molecule has 0 amide bonds. The average Bonchev–Trinajstić information content (AvgIpc) is 2.91. The second-order valence-corrected chi connectivity index (χ2v) is 7.20. The minimum absolute atomic E-state index is 0.414. The van der Waals surface area contributed by atoms with Crippen LogP contribution in [0.1, 0.15) is 30.0 Å². The van der Waals surface area contributed by atoms with Gasteiger partial charge in [-0.1, -0.05) is 0 Å². The number of pyridine rings is 1. The van der Waals surface area contributed by atoms with Crippen molar-refractivity contribution in [3.8, 4) is 5.75 Å². The first-order valence-corrected chi connectivity index (χ1v) is 9.71. The van der Waals surface area contributed by atoms with Crippen LogP contribution in [0.25, 0.3) is 10.9 Å². The van der Waals surface area contributed by atoms with E-state index >= 15 is 0 Å². The lowest BCUT2D eigenvalue weighted by molar-refractivity contribution is 0.140. The number of ether oxygens (including phenoxy) is 3. The van der Waals surface area contributed by atoms with Crippen molar-refractivity contribution < 1.29 is 14.2 Å². The highest BCUT2D eigenvalue weighted by Crippen LogP contribution is 2.32. The van der Waals surface area contributed by atoms with Crippen LogP contribution in [0.2, 0.25) is 0 Å². The third-order valence-electron chi connectivity index (χ3n) is 5.02. The van der Waals surface area contributed by atoms with Gasteiger partial charge in [-0.15, -0.1) is 0 Å². The predicted molar refractivity (Wildman–Crippen MR) is 111 cm³/mol. The molecule has 0 atom stereocenters. The summed E-state index contributed by atoms with van der Waals surface area (Å²) in [6.07, 6.45) is 1.00. The lowest BCUT2D eigenvalue weighted by Crippen LogP contribution is -2.27. The van der Waals surface area contributed by atoms with Crippen LogP contribution in [0.5, 0.6) is 5.75 Å². The SMILES string of the molecule is COCCOc1cc(C)c2nc(N)c(C(C)=N)c(CN3CCCOCC3)c2c1. The van der Waals surface area contributed by atoms with Crippen molar-refractivity contribution in [3.63, 3.8) is 0 Å². The smallest absolute Gasteiger partial charge is 0.133 e. The molecule has 2 heterocycles. The molecule has 0 spiro atoms. The third-order valence-corrected chi connectivity index (χ3v) is 5.02. The third kappa shape index (κ3) is 4.60. The van der Waals surface area contributed by atoms with E-state index < -0.39 is 0 Å². The largest absolute Gasteiger partial charge is 0.491 e. The summed E-state index contributed by atoms with van der Waals surface area (Å²) < 4.78 is 16.5. The first-order valence-electron chi connectivity index (χ1n) is 9.71. The van der Waals surface area contributed by atoms with Crippen molar-refractivity contribution >= 4 is 22.4 Å². The average molecular weight is 386 g/mol. The Morgan fingerprint density at radius 3 is 2.86 bits per heavy atom. The Hall–Kier alpha value is -2.22. The van der Waals surface area contributed by atoms with Gasteiger partial charge in [0, 0.05) is 50.0 Å². The Morgan fingerprint density at radius 2 is 2.11 bits per heavy atom. The molecule has 3 rings (SSSR count). The maximum absolute atomic E-state index is 8.28. The number of hydrogen-bond acceptors (Lipinski definition) is 7. The summed E-state index contributed by atoms with van der Waals surface area (Å²) in [5.41, 5.74) is 10.4. The fourth-order valence-corrected chi connectivity index (χ4v) is 3.68. The number of nitrogens with two attached hydrogens (primary N) is 1. The Morgan fingerprint density at radius 1 is 1.29 bits per heavy atom. The van der Waals surface area contributed by atoms with E-state index in [0.717, 1.165) is 66.1 Å². The molecule has 3 N–H and O–H groups in total. The molecule has 0 bridgehead atoms. The summed E-state index contributed by atoms with van der Waals surface area (Å²) in [5.74, 6) is 1.19. The molecule has 7 heteroatoms. The van der Waals surface area contributed by atoms with Gasteiger partial charge in [0.05, 0.1) is 18.7 Å². The van der Waals surface area contributed by atoms with E-state index in [1.807, 2.05) is 19.1 Å². The van der Waals surface area contributed by atoms with Gasteiger partial charge < -0.3 is 25.4 Å². The summed E-state index contributed by atoms with van der Waals surface area (Å²) in [5, 5.41) is 9.28. The van der Waals surface area contributed by atoms with Gasteiger partial charge in [0.2, 0.25) is 0 Å². The number of anilines is 1. The number of aromatic nitrogens is 1. The van der Waals surface area contributed by atoms with Gasteiger partial charge in [0.15, 0.2) is 0 Å². The summed E-state index contributed by atoms with van der Waals surface area (Å²) in [7, 11) is 1.66. The van der Waals surface area contributed by atoms with E-state index in [9.17, 15) is 0 Å². The van der Waals surface area contributed by atoms with E-state index in [2.05, 4.69) is 9.88 Å². The molecule has 1 aliphatic rings. The fraction of sp³-hybridized carbons (Fsp3) is 0.524. The summed E-state index contributed by atoms with van der Waals surface area (Å²) in [6, 6.07) is 3.99. The van der Waals surface area contributed by atoms with Crippen LogP contribution in [-0.4, -0.2) is 62.2 Å². The minimum atomic E-state index is 0.414. The first kappa shape index (κ1) is 20.5. The normalized spacial score (nSPS) is 15.5. The molecule has 0 aliphatic carbocycles. The number of rotatable bonds is 7. The minimum Gasteiger partial charge on any atom is -0.491 e. The monoisotopic (exact) mass is 386 g/mol. The van der Waals surface area contributed by atoms with Crippen molar-refractivity contribution in [1.29, 1.82) is 5.41 Å². The zero-order valence-corrected chi connectivity index (χ0v) is 17.0. The van der Waals surface area contributed by atoms with E-state index in [-0.39, 0.29) is 0 Å². The number of fused-ring (bicyclic) bond motifs is 1. The summed E-state index contributed by atoms with van der Waals surface area (Å²) in [4.78, 5) is 6.98. The molecule has 0 saturated carbocycles. The lowest BCUT2D eigenvalue weighted by Gasteiger charge is -2.23. The zero-order chi connectivity index (χ0) is 20.1. The molecule has 7 nitrogen and oxygen atoms in total. The highest BCUT2D eigenvalue weighted by molar-refractivity contribution is 6.06. The van der Waals surface area contributed by atoms with Gasteiger partial charge in [-0.25, -0.2) is 4.98 Å². The fourth-order valence-electron chi connectivity index (χ4n) is 3.68. The maximum Gasteiger partial charge on any atom is 0.133 e. The van der Waals surface area contributed by atoms with E-state index in [4.69, 9.17) is 25.4 Å². The van der Waals surface area contributed by atoms with Gasteiger partial charge in [0.25, 0.3) is 0 Å². The van der Waals surface area contributed by atoms with E-state index in [1.165, 1.54) is 0 Å². The van der Waals surface area contributed by atoms with Crippen LogP contribution in [0.4, 0.5) is 5.82 Å². The number of nitrogens with zero attached hydrogens (tertiary/aromatic N) is 2. The zero-order valence-electron chi connectivity index (χ0n) is 17.0. The van der Waals surface area contributed by atoms with Crippen molar-refractivity contribution in [2.24, 2.45) is 0 Å². The molecule has 1 fully saturated rings. The molecule has 1 aliphatic heterocycles. The molecular weight excluding hydrogens is 356 g/mol. The quantitative estimate of drug-likeness (QED) is 0.561. The van der Waals surface area contributed by atoms with Gasteiger partial charge in [0.1, 0.15) is 18.2 Å². The standard InChI is InChI=1S/C21H30N4O3/c1-14-11-16(28-10-9-26-3)12-17-18(13-25-5-4-7-27-8-6-25)19(15(2)22)21(23)24-20(14)17/h11-12,22H,4-10,13H2,1-3H3,(H2,23,24). The lowest BCUT2D eigenvalue weighted by atomic mass is 9.97. The first-order chi connectivity index (χ1) is 13.5. The van der Waals surface area contributed by atoms with Crippen LogP contribution in [-0.2, 0) is 16.0 Å². The maximum atomic E-state index is 8.28. The Bertz CT molecular complexity index is 845. The number of benzene rings is 1.